The zero-order valence-corrected chi connectivity index (χ0v) is 15.4. The summed E-state index contributed by atoms with van der Waals surface area (Å²) < 4.78 is 5.04. The van der Waals surface area contributed by atoms with Gasteiger partial charge >= 0.3 is 0 Å². The highest BCUT2D eigenvalue weighted by Crippen LogP contribution is 2.29. The van der Waals surface area contributed by atoms with Crippen molar-refractivity contribution >= 4 is 5.91 Å². The van der Waals surface area contributed by atoms with Gasteiger partial charge in [-0.3, -0.25) is 19.5 Å². The molecule has 5 heterocycles. The molecule has 0 aliphatic carbocycles. The van der Waals surface area contributed by atoms with Gasteiger partial charge in [0.15, 0.2) is 5.75 Å². The Bertz CT molecular complexity index is 867. The second-order valence-electron chi connectivity index (χ2n) is 7.37. The summed E-state index contributed by atoms with van der Waals surface area (Å²) in [6.07, 6.45) is 7.14. The van der Waals surface area contributed by atoms with Crippen molar-refractivity contribution in [1.82, 2.24) is 19.8 Å². The van der Waals surface area contributed by atoms with Gasteiger partial charge in [-0.25, -0.2) is 0 Å². The molecule has 7 nitrogen and oxygen atoms in total. The Labute approximate surface area is 158 Å². The number of pyridine rings is 2. The van der Waals surface area contributed by atoms with Gasteiger partial charge < -0.3 is 14.6 Å². The van der Waals surface area contributed by atoms with Gasteiger partial charge in [0, 0.05) is 62.6 Å². The van der Waals surface area contributed by atoms with E-state index in [1.807, 2.05) is 11.0 Å². The Hall–Kier alpha value is -2.67. The number of amides is 1. The van der Waals surface area contributed by atoms with Gasteiger partial charge in [0.2, 0.25) is 5.43 Å². The van der Waals surface area contributed by atoms with Crippen molar-refractivity contribution in [3.8, 4) is 5.75 Å². The number of hydrogen-bond acceptors (Lipinski definition) is 5. The molecule has 0 unspecified atom stereocenters. The number of rotatable bonds is 4. The molecule has 0 spiro atoms. The van der Waals surface area contributed by atoms with Crippen molar-refractivity contribution in [1.29, 1.82) is 0 Å². The summed E-state index contributed by atoms with van der Waals surface area (Å²) in [5.41, 5.74) is 1.41. The van der Waals surface area contributed by atoms with Crippen molar-refractivity contribution in [2.75, 3.05) is 26.7 Å². The zero-order chi connectivity index (χ0) is 18.8. The topological polar surface area (TPSA) is 78.5 Å². The molecule has 3 aliphatic heterocycles. The lowest BCUT2D eigenvalue weighted by Gasteiger charge is -2.35. The van der Waals surface area contributed by atoms with Gasteiger partial charge in [-0.05, 0) is 30.9 Å². The highest BCUT2D eigenvalue weighted by molar-refractivity contribution is 5.94. The van der Waals surface area contributed by atoms with Gasteiger partial charge in [0.05, 0.1) is 12.7 Å². The fraction of sp³-hybridized carbons (Fsp3) is 0.450. The Morgan fingerprint density at radius 1 is 1.33 bits per heavy atom. The number of carbonyl (C=O) groups excluding carboxylic acids is 1. The molecule has 2 aromatic rings. The first-order valence-electron chi connectivity index (χ1n) is 9.33. The van der Waals surface area contributed by atoms with Crippen molar-refractivity contribution < 1.29 is 9.53 Å². The van der Waals surface area contributed by atoms with E-state index in [0.717, 1.165) is 31.6 Å². The number of aromatic amines is 1. The Kier molecular flexibility index (Phi) is 4.94. The lowest BCUT2D eigenvalue weighted by atomic mass is 9.95. The van der Waals surface area contributed by atoms with Gasteiger partial charge in [0.1, 0.15) is 0 Å². The molecule has 3 fully saturated rings. The number of fused-ring (bicyclic) bond motifs is 4. The first-order valence-corrected chi connectivity index (χ1v) is 9.33. The van der Waals surface area contributed by atoms with Crippen molar-refractivity contribution in [3.63, 3.8) is 0 Å². The molecule has 5 rings (SSSR count). The van der Waals surface area contributed by atoms with Crippen LogP contribution in [-0.4, -0.2) is 58.5 Å². The summed E-state index contributed by atoms with van der Waals surface area (Å²) in [4.78, 5) is 36.5. The van der Waals surface area contributed by atoms with Crippen molar-refractivity contribution in [3.05, 3.63) is 58.3 Å². The Morgan fingerprint density at radius 2 is 2.22 bits per heavy atom. The number of piperidine rings is 1. The lowest BCUT2D eigenvalue weighted by molar-refractivity contribution is 0.0735. The van der Waals surface area contributed by atoms with Crippen LogP contribution in [0.2, 0.25) is 0 Å². The molecule has 0 radical (unpaired) electrons. The van der Waals surface area contributed by atoms with E-state index in [2.05, 4.69) is 14.9 Å². The summed E-state index contributed by atoms with van der Waals surface area (Å²) in [7, 11) is 1.49. The molecule has 7 heteroatoms. The number of aromatic nitrogens is 2. The fourth-order valence-corrected chi connectivity index (χ4v) is 4.18. The van der Waals surface area contributed by atoms with Crippen LogP contribution < -0.4 is 10.2 Å². The van der Waals surface area contributed by atoms with Gasteiger partial charge in [-0.2, -0.15) is 0 Å². The molecule has 2 bridgehead atoms. The summed E-state index contributed by atoms with van der Waals surface area (Å²) in [6.45, 7) is 3.11. The molecule has 2 aromatic heterocycles. The lowest BCUT2D eigenvalue weighted by Crippen LogP contribution is -2.44. The van der Waals surface area contributed by atoms with Crippen LogP contribution in [0.1, 0.15) is 28.9 Å². The number of H-pyrrole nitrogens is 1. The molecular formula is C20H24N4O3. The van der Waals surface area contributed by atoms with Gasteiger partial charge in [0.25, 0.3) is 5.91 Å². The first-order chi connectivity index (χ1) is 13.1. The largest absolute Gasteiger partial charge is 0.491 e. The van der Waals surface area contributed by atoms with Crippen LogP contribution in [0.3, 0.4) is 0 Å². The van der Waals surface area contributed by atoms with E-state index in [-0.39, 0.29) is 11.3 Å². The van der Waals surface area contributed by atoms with E-state index in [1.54, 1.807) is 30.7 Å². The van der Waals surface area contributed by atoms with E-state index in [4.69, 9.17) is 4.74 Å². The van der Waals surface area contributed by atoms with Crippen LogP contribution in [0.15, 0.2) is 41.6 Å². The predicted octanol–water partition coefficient (Wildman–Crippen LogP) is 1.52. The second kappa shape index (κ2) is 7.52. The fourth-order valence-electron chi connectivity index (χ4n) is 4.18. The number of ether oxygens (including phenoxy) is 1. The van der Waals surface area contributed by atoms with Crippen molar-refractivity contribution in [2.45, 2.75) is 25.4 Å². The summed E-state index contributed by atoms with van der Waals surface area (Å²) in [6, 6.07) is 5.53. The maximum absolute atomic E-state index is 12.9. The maximum atomic E-state index is 12.9. The van der Waals surface area contributed by atoms with Crippen LogP contribution in [0.25, 0.3) is 0 Å². The number of methoxy groups -OCH3 is 1. The number of nitrogens with zero attached hydrogens (tertiary/aromatic N) is 3. The average molecular weight is 368 g/mol. The minimum atomic E-state index is -0.111. The van der Waals surface area contributed by atoms with Crippen molar-refractivity contribution in [2.24, 2.45) is 5.92 Å². The third-order valence-corrected chi connectivity index (χ3v) is 5.55. The molecule has 0 aromatic carbocycles. The minimum Gasteiger partial charge on any atom is -0.491 e. The Balaban J connectivity index is 1.49. The maximum Gasteiger partial charge on any atom is 0.255 e. The first kappa shape index (κ1) is 17.7. The van der Waals surface area contributed by atoms with E-state index in [0.29, 0.717) is 36.4 Å². The predicted molar refractivity (Wildman–Crippen MR) is 101 cm³/mol. The highest BCUT2D eigenvalue weighted by atomic mass is 16.5. The summed E-state index contributed by atoms with van der Waals surface area (Å²) in [5, 5.41) is 0. The number of carbonyl (C=O) groups is 1. The molecule has 2 atom stereocenters. The molecule has 1 N–H and O–H groups in total. The third kappa shape index (κ3) is 3.73. The van der Waals surface area contributed by atoms with E-state index in [1.165, 1.54) is 7.11 Å². The highest BCUT2D eigenvalue weighted by Gasteiger charge is 2.36. The third-order valence-electron chi connectivity index (χ3n) is 5.55. The molecule has 27 heavy (non-hydrogen) atoms. The van der Waals surface area contributed by atoms with E-state index >= 15 is 0 Å². The molecular weight excluding hydrogens is 344 g/mol. The molecule has 3 aliphatic rings. The van der Waals surface area contributed by atoms with E-state index < -0.39 is 0 Å². The smallest absolute Gasteiger partial charge is 0.255 e. The van der Waals surface area contributed by atoms with Gasteiger partial charge in [-0.15, -0.1) is 0 Å². The van der Waals surface area contributed by atoms with Crippen LogP contribution in [0.4, 0.5) is 0 Å². The molecule has 0 saturated carbocycles. The zero-order valence-electron chi connectivity index (χ0n) is 15.4. The molecule has 3 saturated heterocycles. The number of hydrogen-bond donors (Lipinski definition) is 1. The minimum absolute atomic E-state index is 0.0553. The average Bonchev–Trinajstić information content (AvgIpc) is 3.00. The quantitative estimate of drug-likeness (QED) is 0.885. The second-order valence-corrected chi connectivity index (χ2v) is 7.37. The van der Waals surface area contributed by atoms with E-state index in [9.17, 15) is 9.59 Å². The van der Waals surface area contributed by atoms with Crippen LogP contribution in [0, 0.1) is 5.92 Å². The Morgan fingerprint density at radius 3 is 2.96 bits per heavy atom. The SMILES string of the molecule is COc1c[nH]c(CN2C[C@H]3CC[C@@H]2CN(C(=O)c2cccnc2)C3)cc1=O. The monoisotopic (exact) mass is 368 g/mol. The van der Waals surface area contributed by atoms with Crippen LogP contribution >= 0.6 is 0 Å². The van der Waals surface area contributed by atoms with Crippen LogP contribution in [0.5, 0.6) is 5.75 Å². The van der Waals surface area contributed by atoms with Gasteiger partial charge in [-0.1, -0.05) is 0 Å². The van der Waals surface area contributed by atoms with Crippen LogP contribution in [-0.2, 0) is 6.54 Å². The molecule has 142 valence electrons. The normalized spacial score (nSPS) is 22.5. The standard InChI is InChI=1S/C20H24N4O3/c1-27-19-9-22-16(7-18(19)25)12-23-10-14-4-5-17(23)13-24(11-14)20(26)15-3-2-6-21-8-15/h2-3,6-9,14,17H,4-5,10-13H2,1H3,(H,22,25)/t14-,17-/m1/s1. The molecule has 1 amide bonds. The summed E-state index contributed by atoms with van der Waals surface area (Å²) >= 11 is 0. The summed E-state index contributed by atoms with van der Waals surface area (Å²) in [5.74, 6) is 0.832. The number of nitrogens with one attached hydrogen (secondary N) is 1.